The predicted molar refractivity (Wildman–Crippen MR) is 90.2 cm³/mol. The Morgan fingerprint density at radius 3 is 2.30 bits per heavy atom. The quantitative estimate of drug-likeness (QED) is 0.836. The van der Waals surface area contributed by atoms with Gasteiger partial charge >= 0.3 is 0 Å². The van der Waals surface area contributed by atoms with Crippen LogP contribution in [0, 0.1) is 0 Å². The SMILES string of the molecule is COc1cc(NC(=O)c2cccc(Br)c2)c(C(N)=O)cc1OC. The van der Waals surface area contributed by atoms with Gasteiger partial charge in [0, 0.05) is 16.1 Å². The van der Waals surface area contributed by atoms with E-state index in [2.05, 4.69) is 21.2 Å². The van der Waals surface area contributed by atoms with E-state index in [0.717, 1.165) is 4.47 Å². The van der Waals surface area contributed by atoms with Crippen LogP contribution < -0.4 is 20.5 Å². The van der Waals surface area contributed by atoms with Crippen LogP contribution in [0.5, 0.6) is 11.5 Å². The van der Waals surface area contributed by atoms with Gasteiger partial charge in [-0.3, -0.25) is 9.59 Å². The van der Waals surface area contributed by atoms with Crippen LogP contribution in [0.1, 0.15) is 20.7 Å². The summed E-state index contributed by atoms with van der Waals surface area (Å²) in [5.41, 5.74) is 6.19. The van der Waals surface area contributed by atoms with Gasteiger partial charge in [-0.25, -0.2) is 0 Å². The van der Waals surface area contributed by atoms with Crippen LogP contribution in [-0.2, 0) is 0 Å². The van der Waals surface area contributed by atoms with Crippen LogP contribution >= 0.6 is 15.9 Å². The van der Waals surface area contributed by atoms with Gasteiger partial charge in [-0.05, 0) is 24.3 Å². The molecule has 0 aliphatic carbocycles. The Morgan fingerprint density at radius 1 is 1.09 bits per heavy atom. The fourth-order valence-electron chi connectivity index (χ4n) is 2.01. The molecule has 0 saturated carbocycles. The van der Waals surface area contributed by atoms with E-state index in [-0.39, 0.29) is 17.2 Å². The van der Waals surface area contributed by atoms with E-state index in [1.54, 1.807) is 18.2 Å². The van der Waals surface area contributed by atoms with Crippen molar-refractivity contribution in [2.45, 2.75) is 0 Å². The van der Waals surface area contributed by atoms with Crippen LogP contribution in [0.25, 0.3) is 0 Å². The third kappa shape index (κ3) is 3.81. The second kappa shape index (κ2) is 7.15. The van der Waals surface area contributed by atoms with Gasteiger partial charge in [-0.2, -0.15) is 0 Å². The summed E-state index contributed by atoms with van der Waals surface area (Å²) < 4.78 is 11.1. The molecule has 0 aromatic heterocycles. The molecule has 0 unspecified atom stereocenters. The zero-order chi connectivity index (χ0) is 17.0. The fourth-order valence-corrected chi connectivity index (χ4v) is 2.41. The number of ether oxygens (including phenoxy) is 2. The lowest BCUT2D eigenvalue weighted by Gasteiger charge is -2.14. The standard InChI is InChI=1S/C16H15BrN2O4/c1-22-13-7-11(15(18)20)12(8-14(13)23-2)19-16(21)9-4-3-5-10(17)6-9/h3-8H,1-2H3,(H2,18,20)(H,19,21). The first kappa shape index (κ1) is 16.8. The third-order valence-corrected chi connectivity index (χ3v) is 3.62. The summed E-state index contributed by atoms with van der Waals surface area (Å²) in [5.74, 6) is -0.333. The minimum atomic E-state index is -0.685. The van der Waals surface area contributed by atoms with Crippen molar-refractivity contribution in [3.05, 3.63) is 52.0 Å². The number of rotatable bonds is 5. The number of nitrogens with two attached hydrogens (primary N) is 1. The van der Waals surface area contributed by atoms with Gasteiger partial charge in [0.05, 0.1) is 25.5 Å². The predicted octanol–water partition coefficient (Wildman–Crippen LogP) is 2.82. The summed E-state index contributed by atoms with van der Waals surface area (Å²) in [6, 6.07) is 9.79. The normalized spacial score (nSPS) is 10.0. The summed E-state index contributed by atoms with van der Waals surface area (Å²) in [4.78, 5) is 24.0. The first-order valence-corrected chi connectivity index (χ1v) is 7.38. The molecule has 0 heterocycles. The molecule has 2 rings (SSSR count). The molecule has 0 aliphatic heterocycles. The Bertz CT molecular complexity index is 762. The van der Waals surface area contributed by atoms with Crippen molar-refractivity contribution in [3.63, 3.8) is 0 Å². The van der Waals surface area contributed by atoms with E-state index in [4.69, 9.17) is 15.2 Å². The molecule has 23 heavy (non-hydrogen) atoms. The van der Waals surface area contributed by atoms with Gasteiger partial charge in [0.2, 0.25) is 0 Å². The minimum Gasteiger partial charge on any atom is -0.493 e. The second-order valence-corrected chi connectivity index (χ2v) is 5.50. The van der Waals surface area contributed by atoms with E-state index in [1.165, 1.54) is 26.4 Å². The highest BCUT2D eigenvalue weighted by molar-refractivity contribution is 9.10. The van der Waals surface area contributed by atoms with E-state index < -0.39 is 5.91 Å². The van der Waals surface area contributed by atoms with Gasteiger partial charge in [0.1, 0.15) is 0 Å². The monoisotopic (exact) mass is 378 g/mol. The van der Waals surface area contributed by atoms with Crippen LogP contribution in [0.4, 0.5) is 5.69 Å². The Balaban J connectivity index is 2.41. The number of nitrogens with one attached hydrogen (secondary N) is 1. The maximum atomic E-state index is 12.3. The van der Waals surface area contributed by atoms with E-state index >= 15 is 0 Å². The second-order valence-electron chi connectivity index (χ2n) is 4.58. The summed E-state index contributed by atoms with van der Waals surface area (Å²) in [6.45, 7) is 0. The molecule has 0 bridgehead atoms. The molecule has 2 aromatic rings. The summed E-state index contributed by atoms with van der Waals surface area (Å²) in [6.07, 6.45) is 0. The highest BCUT2D eigenvalue weighted by Gasteiger charge is 2.17. The lowest BCUT2D eigenvalue weighted by molar-refractivity contribution is 0.100. The molecule has 120 valence electrons. The molecule has 2 amide bonds. The zero-order valence-corrected chi connectivity index (χ0v) is 14.1. The van der Waals surface area contributed by atoms with Gasteiger partial charge in [0.15, 0.2) is 11.5 Å². The van der Waals surface area contributed by atoms with Gasteiger partial charge in [-0.1, -0.05) is 22.0 Å². The van der Waals surface area contributed by atoms with Crippen LogP contribution in [0.2, 0.25) is 0 Å². The molecule has 2 aromatic carbocycles. The number of hydrogen-bond donors (Lipinski definition) is 2. The Kier molecular flexibility index (Phi) is 5.23. The summed E-state index contributed by atoms with van der Waals surface area (Å²) in [7, 11) is 2.91. The Labute approximate surface area is 141 Å². The molecule has 0 fully saturated rings. The number of carbonyl (C=O) groups excluding carboxylic acids is 2. The minimum absolute atomic E-state index is 0.131. The molecule has 0 aliphatic rings. The van der Waals surface area contributed by atoms with E-state index in [1.807, 2.05) is 6.07 Å². The first-order chi connectivity index (χ1) is 11.0. The Hall–Kier alpha value is -2.54. The fraction of sp³-hybridized carbons (Fsp3) is 0.125. The number of halogens is 1. The average molecular weight is 379 g/mol. The highest BCUT2D eigenvalue weighted by Crippen LogP contribution is 2.33. The molecule has 7 heteroatoms. The van der Waals surface area contributed by atoms with Crippen molar-refractivity contribution in [1.29, 1.82) is 0 Å². The van der Waals surface area contributed by atoms with Crippen molar-refractivity contribution in [3.8, 4) is 11.5 Å². The maximum absolute atomic E-state index is 12.3. The third-order valence-electron chi connectivity index (χ3n) is 3.12. The number of hydrogen-bond acceptors (Lipinski definition) is 4. The van der Waals surface area contributed by atoms with E-state index in [9.17, 15) is 9.59 Å². The number of methoxy groups -OCH3 is 2. The molecule has 6 nitrogen and oxygen atoms in total. The smallest absolute Gasteiger partial charge is 0.255 e. The summed E-state index contributed by atoms with van der Waals surface area (Å²) >= 11 is 3.30. The van der Waals surface area contributed by atoms with Crippen molar-refractivity contribution < 1.29 is 19.1 Å². The maximum Gasteiger partial charge on any atom is 0.255 e. The van der Waals surface area contributed by atoms with Gasteiger partial charge in [-0.15, -0.1) is 0 Å². The lowest BCUT2D eigenvalue weighted by atomic mass is 10.1. The van der Waals surface area contributed by atoms with Crippen LogP contribution in [0.15, 0.2) is 40.9 Å². The van der Waals surface area contributed by atoms with Gasteiger partial charge < -0.3 is 20.5 Å². The van der Waals surface area contributed by atoms with E-state index in [0.29, 0.717) is 17.1 Å². The molecule has 0 saturated heterocycles. The van der Waals surface area contributed by atoms with Crippen molar-refractivity contribution in [1.82, 2.24) is 0 Å². The van der Waals surface area contributed by atoms with Crippen molar-refractivity contribution >= 4 is 33.4 Å². The van der Waals surface area contributed by atoms with Crippen LogP contribution in [0.3, 0.4) is 0 Å². The number of benzene rings is 2. The van der Waals surface area contributed by atoms with Gasteiger partial charge in [0.25, 0.3) is 11.8 Å². The topological polar surface area (TPSA) is 90.6 Å². The molecular weight excluding hydrogens is 364 g/mol. The number of carbonyl (C=O) groups is 2. The number of amides is 2. The zero-order valence-electron chi connectivity index (χ0n) is 12.6. The molecular formula is C16H15BrN2O4. The Morgan fingerprint density at radius 2 is 1.74 bits per heavy atom. The molecule has 3 N–H and O–H groups in total. The summed E-state index contributed by atoms with van der Waals surface area (Å²) in [5, 5.41) is 2.67. The molecule has 0 radical (unpaired) electrons. The lowest BCUT2D eigenvalue weighted by Crippen LogP contribution is -2.18. The first-order valence-electron chi connectivity index (χ1n) is 6.59. The molecule has 0 spiro atoms. The highest BCUT2D eigenvalue weighted by atomic mass is 79.9. The number of primary amides is 1. The average Bonchev–Trinajstić information content (AvgIpc) is 2.54. The van der Waals surface area contributed by atoms with Crippen molar-refractivity contribution in [2.24, 2.45) is 5.73 Å². The van der Waals surface area contributed by atoms with Crippen molar-refractivity contribution in [2.75, 3.05) is 19.5 Å². The largest absolute Gasteiger partial charge is 0.493 e. The van der Waals surface area contributed by atoms with Crippen LogP contribution in [-0.4, -0.2) is 26.0 Å². The number of anilines is 1. The molecule has 0 atom stereocenters.